The van der Waals surface area contributed by atoms with E-state index in [1.165, 1.54) is 39.1 Å². The molecule has 2 heterocycles. The maximum absolute atomic E-state index is 6.85. The summed E-state index contributed by atoms with van der Waals surface area (Å²) in [5, 5.41) is 0. The summed E-state index contributed by atoms with van der Waals surface area (Å²) >= 11 is 0. The van der Waals surface area contributed by atoms with E-state index in [9.17, 15) is 0 Å². The van der Waals surface area contributed by atoms with Crippen LogP contribution in [0.2, 0.25) is 0 Å². The molecule has 0 radical (unpaired) electrons. The van der Waals surface area contributed by atoms with Crippen molar-refractivity contribution in [3.05, 3.63) is 0 Å². The van der Waals surface area contributed by atoms with E-state index >= 15 is 0 Å². The van der Waals surface area contributed by atoms with Crippen molar-refractivity contribution in [3.8, 4) is 0 Å². The Morgan fingerprint density at radius 1 is 1.15 bits per heavy atom. The van der Waals surface area contributed by atoms with Gasteiger partial charge in [0.15, 0.2) is 0 Å². The molecule has 0 spiro atoms. The molecule has 116 valence electrons. The lowest BCUT2D eigenvalue weighted by Crippen LogP contribution is -2.78. The molecule has 0 aromatic rings. The van der Waals surface area contributed by atoms with Gasteiger partial charge in [0.1, 0.15) is 0 Å². The zero-order valence-corrected chi connectivity index (χ0v) is 13.4. The van der Waals surface area contributed by atoms with Crippen molar-refractivity contribution >= 4 is 0 Å². The highest BCUT2D eigenvalue weighted by molar-refractivity contribution is 5.21. The molecule has 0 aromatic carbocycles. The van der Waals surface area contributed by atoms with Crippen LogP contribution >= 0.6 is 0 Å². The Bertz CT molecular complexity index is 352. The molecule has 2 aliphatic heterocycles. The summed E-state index contributed by atoms with van der Waals surface area (Å²) in [6.45, 7) is 14.8. The summed E-state index contributed by atoms with van der Waals surface area (Å²) < 4.78 is 5.89. The molecule has 3 unspecified atom stereocenters. The van der Waals surface area contributed by atoms with Crippen LogP contribution in [-0.2, 0) is 4.74 Å². The third-order valence-corrected chi connectivity index (χ3v) is 6.15. The van der Waals surface area contributed by atoms with Gasteiger partial charge in [-0.05, 0) is 19.4 Å². The molecule has 2 saturated heterocycles. The van der Waals surface area contributed by atoms with E-state index in [0.29, 0.717) is 12.0 Å². The van der Waals surface area contributed by atoms with E-state index in [1.807, 2.05) is 0 Å². The van der Waals surface area contributed by atoms with Crippen LogP contribution in [0.3, 0.4) is 0 Å². The molecule has 3 fully saturated rings. The van der Waals surface area contributed by atoms with Gasteiger partial charge in [-0.15, -0.1) is 0 Å². The molecule has 0 bridgehead atoms. The lowest BCUT2D eigenvalue weighted by molar-refractivity contribution is -0.164. The average Bonchev–Trinajstić information content (AvgIpc) is 2.90. The van der Waals surface area contributed by atoms with Crippen LogP contribution in [0.4, 0.5) is 0 Å². The van der Waals surface area contributed by atoms with Gasteiger partial charge in [-0.2, -0.15) is 0 Å². The first kappa shape index (κ1) is 14.8. The predicted octanol–water partition coefficient (Wildman–Crippen LogP) is 1.16. The second kappa shape index (κ2) is 5.24. The summed E-state index contributed by atoms with van der Waals surface area (Å²) in [6, 6.07) is 0. The highest BCUT2D eigenvalue weighted by Crippen LogP contribution is 2.58. The zero-order chi connectivity index (χ0) is 14.4. The number of ether oxygens (including phenoxy) is 1. The molecular weight excluding hydrogens is 250 g/mol. The Morgan fingerprint density at radius 3 is 2.45 bits per heavy atom. The van der Waals surface area contributed by atoms with Gasteiger partial charge in [-0.1, -0.05) is 20.8 Å². The first-order valence-electron chi connectivity index (χ1n) is 8.34. The Morgan fingerprint density at radius 2 is 1.80 bits per heavy atom. The van der Waals surface area contributed by atoms with Crippen LogP contribution in [0.15, 0.2) is 0 Å². The van der Waals surface area contributed by atoms with Gasteiger partial charge in [0.2, 0.25) is 0 Å². The molecule has 4 heteroatoms. The van der Waals surface area contributed by atoms with Crippen molar-refractivity contribution in [3.63, 3.8) is 0 Å². The maximum Gasteiger partial charge on any atom is 0.0691 e. The molecule has 2 N–H and O–H groups in total. The topological polar surface area (TPSA) is 41.7 Å². The third-order valence-electron chi connectivity index (χ3n) is 6.15. The third kappa shape index (κ3) is 2.12. The Hall–Kier alpha value is -0.160. The van der Waals surface area contributed by atoms with Gasteiger partial charge in [0.25, 0.3) is 0 Å². The molecule has 1 saturated carbocycles. The van der Waals surface area contributed by atoms with Gasteiger partial charge in [0.05, 0.1) is 6.10 Å². The van der Waals surface area contributed by atoms with E-state index in [4.69, 9.17) is 10.5 Å². The van der Waals surface area contributed by atoms with Crippen LogP contribution in [0, 0.1) is 11.3 Å². The molecule has 1 aliphatic carbocycles. The fraction of sp³-hybridized carbons (Fsp3) is 1.00. The van der Waals surface area contributed by atoms with Gasteiger partial charge >= 0.3 is 0 Å². The molecule has 3 aliphatic rings. The van der Waals surface area contributed by atoms with Crippen molar-refractivity contribution < 1.29 is 4.74 Å². The molecule has 20 heavy (non-hydrogen) atoms. The smallest absolute Gasteiger partial charge is 0.0691 e. The van der Waals surface area contributed by atoms with Crippen molar-refractivity contribution in [2.45, 2.75) is 45.3 Å². The van der Waals surface area contributed by atoms with Crippen LogP contribution in [-0.4, -0.2) is 67.3 Å². The van der Waals surface area contributed by atoms with Crippen LogP contribution in [0.25, 0.3) is 0 Å². The molecule has 0 aromatic heterocycles. The Balaban J connectivity index is 1.58. The second-order valence-electron chi connectivity index (χ2n) is 7.57. The van der Waals surface area contributed by atoms with Crippen LogP contribution in [0.1, 0.15) is 33.6 Å². The predicted molar refractivity (Wildman–Crippen MR) is 81.7 cm³/mol. The minimum atomic E-state index is -0.0545. The molecule has 4 nitrogen and oxygen atoms in total. The number of hydrogen-bond donors (Lipinski definition) is 1. The number of rotatable bonds is 4. The number of nitrogens with two attached hydrogens (primary N) is 1. The first-order valence-corrected chi connectivity index (χ1v) is 8.34. The number of hydrogen-bond acceptors (Lipinski definition) is 4. The van der Waals surface area contributed by atoms with Gasteiger partial charge in [-0.25, -0.2) is 0 Å². The maximum atomic E-state index is 6.85. The van der Waals surface area contributed by atoms with Crippen molar-refractivity contribution in [2.75, 3.05) is 45.9 Å². The number of fused-ring (bicyclic) bond motifs is 1. The summed E-state index contributed by atoms with van der Waals surface area (Å²) in [4.78, 5) is 5.16. The minimum Gasteiger partial charge on any atom is -0.377 e. The van der Waals surface area contributed by atoms with E-state index < -0.39 is 0 Å². The zero-order valence-electron chi connectivity index (χ0n) is 13.4. The van der Waals surface area contributed by atoms with E-state index in [2.05, 4.69) is 30.6 Å². The van der Waals surface area contributed by atoms with Crippen LogP contribution < -0.4 is 5.73 Å². The normalized spacial score (nSPS) is 41.4. The standard InChI is InChI=1S/C16H31N3O/c1-4-6-18-7-9-19(10-8-18)12-16(17)13-5-11-20-14(13)15(16,2)3/h13-14H,4-12,17H2,1-3H3. The summed E-state index contributed by atoms with van der Waals surface area (Å²) in [6.07, 6.45) is 2.81. The van der Waals surface area contributed by atoms with Gasteiger partial charge < -0.3 is 15.4 Å². The Labute approximate surface area is 123 Å². The van der Waals surface area contributed by atoms with Crippen molar-refractivity contribution in [1.82, 2.24) is 9.80 Å². The van der Waals surface area contributed by atoms with E-state index in [1.54, 1.807) is 0 Å². The van der Waals surface area contributed by atoms with Gasteiger partial charge in [0, 0.05) is 56.2 Å². The molecule has 3 rings (SSSR count). The number of nitrogens with zero attached hydrogens (tertiary/aromatic N) is 2. The molecule has 3 atom stereocenters. The van der Waals surface area contributed by atoms with Gasteiger partial charge in [-0.3, -0.25) is 4.90 Å². The monoisotopic (exact) mass is 281 g/mol. The van der Waals surface area contributed by atoms with Crippen molar-refractivity contribution in [2.24, 2.45) is 17.1 Å². The molecular formula is C16H31N3O. The van der Waals surface area contributed by atoms with E-state index in [0.717, 1.165) is 19.6 Å². The molecule has 0 amide bonds. The summed E-state index contributed by atoms with van der Waals surface area (Å²) in [7, 11) is 0. The fourth-order valence-electron chi connectivity index (χ4n) is 4.65. The first-order chi connectivity index (χ1) is 9.49. The Kier molecular flexibility index (Phi) is 3.87. The highest BCUT2D eigenvalue weighted by atomic mass is 16.5. The second-order valence-corrected chi connectivity index (χ2v) is 7.57. The quantitative estimate of drug-likeness (QED) is 0.839. The average molecular weight is 281 g/mol. The largest absolute Gasteiger partial charge is 0.377 e. The highest BCUT2D eigenvalue weighted by Gasteiger charge is 2.67. The lowest BCUT2D eigenvalue weighted by atomic mass is 9.48. The van der Waals surface area contributed by atoms with Crippen LogP contribution in [0.5, 0.6) is 0 Å². The summed E-state index contributed by atoms with van der Waals surface area (Å²) in [5.41, 5.74) is 6.92. The summed E-state index contributed by atoms with van der Waals surface area (Å²) in [5.74, 6) is 0.575. The number of piperazine rings is 1. The SMILES string of the molecule is CCCN1CCN(CC2(N)C3CCOC3C2(C)C)CC1. The van der Waals surface area contributed by atoms with Crippen molar-refractivity contribution in [1.29, 1.82) is 0 Å². The fourth-order valence-corrected chi connectivity index (χ4v) is 4.65. The lowest BCUT2D eigenvalue weighted by Gasteiger charge is -2.63. The minimum absolute atomic E-state index is 0.0545. The van der Waals surface area contributed by atoms with E-state index in [-0.39, 0.29) is 11.0 Å².